The third-order valence-corrected chi connectivity index (χ3v) is 5.83. The number of hydrogen-bond acceptors (Lipinski definition) is 4. The summed E-state index contributed by atoms with van der Waals surface area (Å²) < 4.78 is 27.4. The van der Waals surface area contributed by atoms with E-state index in [1.165, 1.54) is 23.1 Å². The van der Waals surface area contributed by atoms with E-state index in [1.54, 1.807) is 56.4 Å². The molecule has 0 heterocycles. The van der Waals surface area contributed by atoms with Crippen molar-refractivity contribution in [3.05, 3.63) is 65.2 Å². The highest BCUT2D eigenvalue weighted by Crippen LogP contribution is 2.24. The third-order valence-electron chi connectivity index (χ3n) is 4.12. The Morgan fingerprint density at radius 1 is 1.25 bits per heavy atom. The Morgan fingerprint density at radius 3 is 2.50 bits per heavy atom. The molecule has 1 N–H and O–H groups in total. The molecule has 2 aromatic rings. The number of rotatable bonds is 7. The van der Waals surface area contributed by atoms with Gasteiger partial charge in [0.05, 0.1) is 28.1 Å². The lowest BCUT2D eigenvalue weighted by molar-refractivity contribution is -0.126. The number of likely N-dealkylation sites (N-methyl/N-ethyl adjacent to an activating group) is 1. The third kappa shape index (κ3) is 5.59. The maximum Gasteiger partial charge on any atom is 0.261 e. The van der Waals surface area contributed by atoms with Crippen molar-refractivity contribution in [3.8, 4) is 6.07 Å². The van der Waals surface area contributed by atoms with Gasteiger partial charge < -0.3 is 4.90 Å². The molecular weight excluding hydrogens is 398 g/mol. The highest BCUT2D eigenvalue weighted by molar-refractivity contribution is 7.92. The van der Waals surface area contributed by atoms with Crippen molar-refractivity contribution < 1.29 is 13.2 Å². The topological polar surface area (TPSA) is 90.3 Å². The minimum absolute atomic E-state index is 0.0793. The first-order valence-electron chi connectivity index (χ1n) is 8.44. The summed E-state index contributed by atoms with van der Waals surface area (Å²) in [4.78, 5) is 13.7. The molecule has 0 radical (unpaired) electrons. The zero-order valence-electron chi connectivity index (χ0n) is 15.5. The van der Waals surface area contributed by atoms with Crippen LogP contribution in [0.5, 0.6) is 0 Å². The summed E-state index contributed by atoms with van der Waals surface area (Å²) in [5.41, 5.74) is 0.972. The molecule has 0 aliphatic heterocycles. The van der Waals surface area contributed by atoms with Gasteiger partial charge in [-0.05, 0) is 42.8 Å². The van der Waals surface area contributed by atoms with Crippen LogP contribution in [-0.2, 0) is 14.8 Å². The number of anilines is 1. The van der Waals surface area contributed by atoms with Gasteiger partial charge in [-0.15, -0.1) is 0 Å². The highest BCUT2D eigenvalue weighted by Gasteiger charge is 2.15. The molecule has 2 rings (SSSR count). The molecule has 146 valence electrons. The molecule has 0 saturated carbocycles. The molecule has 6 nitrogen and oxygen atoms in total. The first kappa shape index (κ1) is 21.5. The van der Waals surface area contributed by atoms with E-state index in [0.717, 1.165) is 0 Å². The Hall–Kier alpha value is -2.82. The minimum Gasteiger partial charge on any atom is -0.338 e. The number of hydrogen-bond donors (Lipinski definition) is 1. The number of carbonyl (C=O) groups excluding carboxylic acids is 1. The highest BCUT2D eigenvalue weighted by atomic mass is 35.5. The largest absolute Gasteiger partial charge is 0.338 e. The predicted octanol–water partition coefficient (Wildman–Crippen LogP) is 3.91. The van der Waals surface area contributed by atoms with Crippen LogP contribution in [0.1, 0.15) is 18.9 Å². The van der Waals surface area contributed by atoms with E-state index < -0.39 is 10.0 Å². The molecule has 8 heteroatoms. The number of amides is 1. The van der Waals surface area contributed by atoms with Crippen LogP contribution in [0.15, 0.2) is 59.5 Å². The van der Waals surface area contributed by atoms with Gasteiger partial charge in [0.15, 0.2) is 0 Å². The molecule has 2 aromatic carbocycles. The van der Waals surface area contributed by atoms with Gasteiger partial charge in [-0.25, -0.2) is 8.42 Å². The Balaban J connectivity index is 2.09. The van der Waals surface area contributed by atoms with Crippen molar-refractivity contribution in [1.29, 1.82) is 5.26 Å². The van der Waals surface area contributed by atoms with Crippen molar-refractivity contribution in [2.24, 2.45) is 0 Å². The van der Waals surface area contributed by atoms with E-state index in [1.807, 2.05) is 6.07 Å². The molecule has 0 aliphatic rings. The van der Waals surface area contributed by atoms with Gasteiger partial charge in [-0.3, -0.25) is 9.52 Å². The first-order chi connectivity index (χ1) is 13.2. The zero-order chi connectivity index (χ0) is 20.7. The smallest absolute Gasteiger partial charge is 0.261 e. The SMILES string of the molecule is CC(CC#N)N(C)C(=O)/C=C/c1ccc(S(=O)(=O)Nc2ccccc2Cl)cc1. The predicted molar refractivity (Wildman–Crippen MR) is 110 cm³/mol. The normalized spacial score (nSPS) is 12.4. The average molecular weight is 418 g/mol. The van der Waals surface area contributed by atoms with Crippen LogP contribution in [0.2, 0.25) is 5.02 Å². The van der Waals surface area contributed by atoms with Crippen molar-refractivity contribution in [2.75, 3.05) is 11.8 Å². The summed E-state index contributed by atoms with van der Waals surface area (Å²) in [6.45, 7) is 1.79. The minimum atomic E-state index is -3.78. The van der Waals surface area contributed by atoms with E-state index in [-0.39, 0.29) is 23.3 Å². The van der Waals surface area contributed by atoms with Crippen LogP contribution in [0.25, 0.3) is 6.08 Å². The summed E-state index contributed by atoms with van der Waals surface area (Å²) in [7, 11) is -2.15. The Bertz CT molecular complexity index is 1010. The summed E-state index contributed by atoms with van der Waals surface area (Å²) in [6.07, 6.45) is 3.23. The molecular formula is C20H20ClN3O3S. The first-order valence-corrected chi connectivity index (χ1v) is 10.3. The number of benzene rings is 2. The Labute approximate surface area is 170 Å². The fourth-order valence-corrected chi connectivity index (χ4v) is 3.60. The van der Waals surface area contributed by atoms with E-state index in [0.29, 0.717) is 16.3 Å². The number of sulfonamides is 1. The molecule has 0 aromatic heterocycles. The second-order valence-electron chi connectivity index (χ2n) is 6.15. The van der Waals surface area contributed by atoms with E-state index >= 15 is 0 Å². The van der Waals surface area contributed by atoms with Gasteiger partial charge in [-0.2, -0.15) is 5.26 Å². The maximum absolute atomic E-state index is 12.5. The van der Waals surface area contributed by atoms with Gasteiger partial charge in [0.2, 0.25) is 5.91 Å². The molecule has 0 saturated heterocycles. The molecule has 0 spiro atoms. The molecule has 1 unspecified atom stereocenters. The van der Waals surface area contributed by atoms with Gasteiger partial charge >= 0.3 is 0 Å². The van der Waals surface area contributed by atoms with Crippen LogP contribution < -0.4 is 4.72 Å². The van der Waals surface area contributed by atoms with Gasteiger partial charge in [0.25, 0.3) is 10.0 Å². The van der Waals surface area contributed by atoms with Gasteiger partial charge in [0.1, 0.15) is 0 Å². The maximum atomic E-state index is 12.5. The molecule has 0 bridgehead atoms. The summed E-state index contributed by atoms with van der Waals surface area (Å²) in [5, 5.41) is 9.01. The second-order valence-corrected chi connectivity index (χ2v) is 8.24. The number of halogens is 1. The van der Waals surface area contributed by atoms with Crippen molar-refractivity contribution in [3.63, 3.8) is 0 Å². The number of nitrogens with zero attached hydrogens (tertiary/aromatic N) is 2. The molecule has 1 amide bonds. The van der Waals surface area contributed by atoms with E-state index in [4.69, 9.17) is 16.9 Å². The van der Waals surface area contributed by atoms with E-state index in [9.17, 15) is 13.2 Å². The Morgan fingerprint density at radius 2 is 1.89 bits per heavy atom. The number of nitrogens with one attached hydrogen (secondary N) is 1. The summed E-state index contributed by atoms with van der Waals surface area (Å²) in [6, 6.07) is 14.5. The molecule has 0 fully saturated rings. The standard InChI is InChI=1S/C20H20ClN3O3S/c1-15(13-14-22)24(2)20(25)12-9-16-7-10-17(11-8-16)28(26,27)23-19-6-4-3-5-18(19)21/h3-12,15,23H,13H2,1-2H3/b12-9+. The van der Waals surface area contributed by atoms with Crippen molar-refractivity contribution >= 4 is 39.3 Å². The monoisotopic (exact) mass is 417 g/mol. The zero-order valence-corrected chi connectivity index (χ0v) is 17.0. The van der Waals surface area contributed by atoms with Crippen LogP contribution >= 0.6 is 11.6 Å². The lowest BCUT2D eigenvalue weighted by atomic mass is 10.2. The van der Waals surface area contributed by atoms with Crippen LogP contribution in [0, 0.1) is 11.3 Å². The second kappa shape index (κ2) is 9.40. The Kier molecular flexibility index (Phi) is 7.21. The van der Waals surface area contributed by atoms with E-state index in [2.05, 4.69) is 4.72 Å². The molecule has 28 heavy (non-hydrogen) atoms. The van der Waals surface area contributed by atoms with Crippen LogP contribution in [0.4, 0.5) is 5.69 Å². The number of carbonyl (C=O) groups is 1. The van der Waals surface area contributed by atoms with Crippen LogP contribution in [-0.4, -0.2) is 32.3 Å². The number of para-hydroxylation sites is 1. The number of nitriles is 1. The van der Waals surface area contributed by atoms with Gasteiger partial charge in [0, 0.05) is 19.2 Å². The van der Waals surface area contributed by atoms with Crippen LogP contribution in [0.3, 0.4) is 0 Å². The van der Waals surface area contributed by atoms with Crippen molar-refractivity contribution in [2.45, 2.75) is 24.3 Å². The van der Waals surface area contributed by atoms with Gasteiger partial charge in [-0.1, -0.05) is 35.9 Å². The summed E-state index contributed by atoms with van der Waals surface area (Å²) >= 11 is 5.99. The fraction of sp³-hybridized carbons (Fsp3) is 0.200. The fourth-order valence-electron chi connectivity index (χ4n) is 2.28. The quantitative estimate of drug-likeness (QED) is 0.691. The lowest BCUT2D eigenvalue weighted by Crippen LogP contribution is -2.33. The summed E-state index contributed by atoms with van der Waals surface area (Å²) in [5.74, 6) is -0.236. The molecule has 0 aliphatic carbocycles. The molecule has 1 atom stereocenters. The lowest BCUT2D eigenvalue weighted by Gasteiger charge is -2.21. The van der Waals surface area contributed by atoms with Crippen molar-refractivity contribution in [1.82, 2.24) is 4.90 Å². The average Bonchev–Trinajstić information content (AvgIpc) is 2.67.